The highest BCUT2D eigenvalue weighted by atomic mass is 16.5. The second-order valence-electron chi connectivity index (χ2n) is 5.52. The van der Waals surface area contributed by atoms with Crippen molar-refractivity contribution in [2.45, 2.75) is 32.7 Å². The second kappa shape index (κ2) is 6.19. The average molecular weight is 265 g/mol. The minimum absolute atomic E-state index is 0.0445. The van der Waals surface area contributed by atoms with Crippen LogP contribution in [-0.2, 0) is 9.53 Å². The van der Waals surface area contributed by atoms with E-state index in [0.717, 1.165) is 12.8 Å². The summed E-state index contributed by atoms with van der Waals surface area (Å²) < 4.78 is 4.94. The van der Waals surface area contributed by atoms with Gasteiger partial charge < -0.3 is 10.1 Å². The molecule has 0 aromatic carbocycles. The van der Waals surface area contributed by atoms with E-state index in [1.807, 2.05) is 0 Å². The van der Waals surface area contributed by atoms with Gasteiger partial charge in [-0.15, -0.1) is 0 Å². The first-order valence-electron chi connectivity index (χ1n) is 6.88. The van der Waals surface area contributed by atoms with Gasteiger partial charge in [-0.05, 0) is 31.6 Å². The molecule has 0 radical (unpaired) electrons. The highest BCUT2D eigenvalue weighted by Gasteiger charge is 2.36. The Bertz CT molecular complexity index is 403. The van der Waals surface area contributed by atoms with E-state index in [9.17, 15) is 4.79 Å². The predicted octanol–water partition coefficient (Wildman–Crippen LogP) is 1.07. The monoisotopic (exact) mass is 265 g/mol. The van der Waals surface area contributed by atoms with Crippen LogP contribution in [0.1, 0.15) is 26.7 Å². The first kappa shape index (κ1) is 14.1. The number of hydrogen-bond acceptors (Lipinski definition) is 3. The molecule has 2 rings (SSSR count). The Morgan fingerprint density at radius 1 is 1.53 bits per heavy atom. The molecule has 0 aromatic heterocycles. The van der Waals surface area contributed by atoms with Crippen LogP contribution in [0.3, 0.4) is 0 Å². The number of nitrogens with one attached hydrogen (secondary N) is 2. The number of methoxy groups -OCH3 is 1. The molecular weight excluding hydrogens is 242 g/mol. The SMILES string of the molecule is COCCN=C1NC(=O)C(C2CC(C)=CC(C)C2)N1. The Balaban J connectivity index is 1.97. The van der Waals surface area contributed by atoms with Crippen molar-refractivity contribution >= 4 is 11.9 Å². The Kier molecular flexibility index (Phi) is 4.58. The van der Waals surface area contributed by atoms with Crippen molar-refractivity contribution < 1.29 is 9.53 Å². The van der Waals surface area contributed by atoms with E-state index in [0.29, 0.717) is 30.9 Å². The Labute approximate surface area is 114 Å². The zero-order valence-electron chi connectivity index (χ0n) is 11.9. The summed E-state index contributed by atoms with van der Waals surface area (Å²) in [6.45, 7) is 5.47. The molecule has 106 valence electrons. The summed E-state index contributed by atoms with van der Waals surface area (Å²) in [6.07, 6.45) is 4.34. The average Bonchev–Trinajstić information content (AvgIpc) is 2.70. The lowest BCUT2D eigenvalue weighted by Crippen LogP contribution is -2.39. The first-order valence-corrected chi connectivity index (χ1v) is 6.88. The zero-order valence-corrected chi connectivity index (χ0v) is 11.9. The van der Waals surface area contributed by atoms with Gasteiger partial charge in [0.2, 0.25) is 5.91 Å². The summed E-state index contributed by atoms with van der Waals surface area (Å²) in [4.78, 5) is 16.3. The highest BCUT2D eigenvalue weighted by molar-refractivity contribution is 6.06. The Morgan fingerprint density at radius 3 is 3.00 bits per heavy atom. The molecule has 5 nitrogen and oxygen atoms in total. The topological polar surface area (TPSA) is 62.7 Å². The number of guanidine groups is 1. The molecule has 19 heavy (non-hydrogen) atoms. The van der Waals surface area contributed by atoms with E-state index in [2.05, 4.69) is 35.5 Å². The van der Waals surface area contributed by atoms with Gasteiger partial charge >= 0.3 is 0 Å². The lowest BCUT2D eigenvalue weighted by atomic mass is 9.79. The third-order valence-electron chi connectivity index (χ3n) is 3.68. The second-order valence-corrected chi connectivity index (χ2v) is 5.52. The minimum Gasteiger partial charge on any atom is -0.383 e. The van der Waals surface area contributed by atoms with Gasteiger partial charge in [-0.1, -0.05) is 18.6 Å². The van der Waals surface area contributed by atoms with Crippen LogP contribution < -0.4 is 10.6 Å². The molecule has 1 aliphatic carbocycles. The van der Waals surface area contributed by atoms with Crippen LogP contribution in [0.25, 0.3) is 0 Å². The van der Waals surface area contributed by atoms with Crippen LogP contribution >= 0.6 is 0 Å². The van der Waals surface area contributed by atoms with Crippen LogP contribution in [0.15, 0.2) is 16.6 Å². The van der Waals surface area contributed by atoms with Crippen molar-refractivity contribution in [1.82, 2.24) is 10.6 Å². The zero-order chi connectivity index (χ0) is 13.8. The van der Waals surface area contributed by atoms with Crippen molar-refractivity contribution in [2.75, 3.05) is 20.3 Å². The van der Waals surface area contributed by atoms with Crippen molar-refractivity contribution in [3.05, 3.63) is 11.6 Å². The van der Waals surface area contributed by atoms with Crippen molar-refractivity contribution in [3.63, 3.8) is 0 Å². The summed E-state index contributed by atoms with van der Waals surface area (Å²) >= 11 is 0. The normalized spacial score (nSPS) is 33.0. The van der Waals surface area contributed by atoms with Crippen molar-refractivity contribution in [2.24, 2.45) is 16.8 Å². The third kappa shape index (κ3) is 3.56. The van der Waals surface area contributed by atoms with Gasteiger partial charge in [0.1, 0.15) is 6.04 Å². The maximum atomic E-state index is 12.0. The quantitative estimate of drug-likeness (QED) is 0.590. The van der Waals surface area contributed by atoms with E-state index in [4.69, 9.17) is 4.74 Å². The number of ether oxygens (including phenoxy) is 1. The number of carbonyl (C=O) groups excluding carboxylic acids is 1. The van der Waals surface area contributed by atoms with Crippen LogP contribution in [0.5, 0.6) is 0 Å². The molecular formula is C14H23N3O2. The van der Waals surface area contributed by atoms with E-state index in [-0.39, 0.29) is 11.9 Å². The number of allylic oxidation sites excluding steroid dienone is 2. The molecule has 5 heteroatoms. The summed E-state index contributed by atoms with van der Waals surface area (Å²) in [5.74, 6) is 1.54. The largest absolute Gasteiger partial charge is 0.383 e. The van der Waals surface area contributed by atoms with E-state index in [1.165, 1.54) is 5.57 Å². The van der Waals surface area contributed by atoms with Gasteiger partial charge in [-0.3, -0.25) is 15.1 Å². The predicted molar refractivity (Wildman–Crippen MR) is 74.9 cm³/mol. The standard InChI is InChI=1S/C14H23N3O2/c1-9-6-10(2)8-11(7-9)12-13(18)17-14(16-12)15-4-5-19-3/h6,9,11-12H,4-5,7-8H2,1-3H3,(H2,15,16,17,18). The lowest BCUT2D eigenvalue weighted by Gasteiger charge is -2.28. The van der Waals surface area contributed by atoms with Crippen LogP contribution in [-0.4, -0.2) is 38.2 Å². The number of aliphatic imine (C=N–C) groups is 1. The van der Waals surface area contributed by atoms with Crippen LogP contribution in [0.4, 0.5) is 0 Å². The molecule has 1 amide bonds. The lowest BCUT2D eigenvalue weighted by molar-refractivity contribution is -0.121. The molecule has 2 N–H and O–H groups in total. The van der Waals surface area contributed by atoms with Gasteiger partial charge in [-0.25, -0.2) is 0 Å². The fourth-order valence-corrected chi connectivity index (χ4v) is 2.96. The van der Waals surface area contributed by atoms with Crippen molar-refractivity contribution in [1.29, 1.82) is 0 Å². The molecule has 1 saturated heterocycles. The van der Waals surface area contributed by atoms with Gasteiger partial charge in [0.15, 0.2) is 5.96 Å². The molecule has 0 spiro atoms. The van der Waals surface area contributed by atoms with E-state index in [1.54, 1.807) is 7.11 Å². The van der Waals surface area contributed by atoms with Crippen LogP contribution in [0.2, 0.25) is 0 Å². The number of carbonyl (C=O) groups is 1. The van der Waals surface area contributed by atoms with Crippen molar-refractivity contribution in [3.8, 4) is 0 Å². The first-order chi connectivity index (χ1) is 9.10. The van der Waals surface area contributed by atoms with Gasteiger partial charge in [-0.2, -0.15) is 0 Å². The molecule has 0 aromatic rings. The third-order valence-corrected chi connectivity index (χ3v) is 3.68. The van der Waals surface area contributed by atoms with E-state index < -0.39 is 0 Å². The minimum atomic E-state index is -0.146. The summed E-state index contributed by atoms with van der Waals surface area (Å²) in [6, 6.07) is -0.146. The molecule has 1 heterocycles. The highest BCUT2D eigenvalue weighted by Crippen LogP contribution is 2.30. The maximum absolute atomic E-state index is 12.0. The number of hydrogen-bond donors (Lipinski definition) is 2. The molecule has 2 aliphatic rings. The molecule has 1 fully saturated rings. The number of nitrogens with zero attached hydrogens (tertiary/aromatic N) is 1. The molecule has 3 unspecified atom stereocenters. The summed E-state index contributed by atoms with van der Waals surface area (Å²) in [7, 11) is 1.64. The Morgan fingerprint density at radius 2 is 2.32 bits per heavy atom. The molecule has 0 bridgehead atoms. The summed E-state index contributed by atoms with van der Waals surface area (Å²) in [5, 5.41) is 6.03. The fraction of sp³-hybridized carbons (Fsp3) is 0.714. The van der Waals surface area contributed by atoms with Gasteiger partial charge in [0.05, 0.1) is 13.2 Å². The molecule has 0 saturated carbocycles. The maximum Gasteiger partial charge on any atom is 0.249 e. The molecule has 1 aliphatic heterocycles. The van der Waals surface area contributed by atoms with E-state index >= 15 is 0 Å². The van der Waals surface area contributed by atoms with Gasteiger partial charge in [0, 0.05) is 7.11 Å². The number of amides is 1. The summed E-state index contributed by atoms with van der Waals surface area (Å²) in [5.41, 5.74) is 1.38. The van der Waals surface area contributed by atoms with Gasteiger partial charge in [0.25, 0.3) is 0 Å². The molecule has 3 atom stereocenters. The number of rotatable bonds is 4. The smallest absolute Gasteiger partial charge is 0.249 e. The van der Waals surface area contributed by atoms with Crippen LogP contribution in [0, 0.1) is 11.8 Å². The Hall–Kier alpha value is -1.36. The fourth-order valence-electron chi connectivity index (χ4n) is 2.96.